The molecule has 0 fully saturated rings. The van der Waals surface area contributed by atoms with Crippen LogP contribution in [-0.2, 0) is 17.1 Å². The van der Waals surface area contributed by atoms with Crippen molar-refractivity contribution in [1.82, 2.24) is 0 Å². The van der Waals surface area contributed by atoms with Crippen LogP contribution in [-0.4, -0.2) is 16.1 Å². The van der Waals surface area contributed by atoms with Gasteiger partial charge >= 0.3 is 17.1 Å². The number of hydrogen-bond donors (Lipinski definition) is 0. The second-order valence-electron chi connectivity index (χ2n) is 4.88. The van der Waals surface area contributed by atoms with Gasteiger partial charge < -0.3 is 5.67 Å². The minimum atomic E-state index is -0.856. The van der Waals surface area contributed by atoms with Gasteiger partial charge in [0.1, 0.15) is 0 Å². The van der Waals surface area contributed by atoms with Gasteiger partial charge in [0.15, 0.2) is 0 Å². The van der Waals surface area contributed by atoms with E-state index in [0.29, 0.717) is 0 Å². The van der Waals surface area contributed by atoms with Crippen LogP contribution in [0.3, 0.4) is 0 Å². The Hall–Kier alpha value is 0.953. The summed E-state index contributed by atoms with van der Waals surface area (Å²) in [6.07, 6.45) is 0. The minimum absolute atomic E-state index is 0. The van der Waals surface area contributed by atoms with Crippen molar-refractivity contribution >= 4 is 16.1 Å². The number of rotatable bonds is 2. The van der Waals surface area contributed by atoms with Crippen molar-refractivity contribution in [3.63, 3.8) is 0 Å². The van der Waals surface area contributed by atoms with Crippen LogP contribution in [0.4, 0.5) is 0 Å². The maximum Gasteiger partial charge on any atom is 2.00 e. The molecule has 0 heterocycles. The Morgan fingerprint density at radius 1 is 0.700 bits per heavy atom. The molecule has 0 saturated heterocycles. The molecule has 0 atom stereocenters. The Bertz CT molecular complexity index is 76.8. The van der Waals surface area contributed by atoms with Gasteiger partial charge in [-0.25, -0.2) is 0 Å². The Morgan fingerprint density at radius 2 is 0.900 bits per heavy atom. The van der Waals surface area contributed by atoms with E-state index in [1.165, 1.54) is 0 Å². The molecule has 10 heavy (non-hydrogen) atoms. The average molecular weight is 214 g/mol. The van der Waals surface area contributed by atoms with Gasteiger partial charge in [-0.15, -0.1) is 16.1 Å². The van der Waals surface area contributed by atoms with E-state index in [9.17, 15) is 0 Å². The molecule has 0 aromatic heterocycles. The van der Waals surface area contributed by atoms with Crippen molar-refractivity contribution in [2.24, 2.45) is 0 Å². The van der Waals surface area contributed by atoms with E-state index < -0.39 is 16.1 Å². The Balaban J connectivity index is 0. The molecule has 0 nitrogen and oxygen atoms in total. The molecule has 0 rings (SSSR count). The molecule has 0 N–H and O–H groups in total. The maximum atomic E-state index is 2.65. The monoisotopic (exact) mass is 214 g/mol. The summed E-state index contributed by atoms with van der Waals surface area (Å²) in [5.41, 5.74) is 2.65. The minimum Gasteiger partial charge on any atom is -0.327 e. The molecular weight excluding hydrogens is 195 g/mol. The Morgan fingerprint density at radius 3 is 0.900 bits per heavy atom. The summed E-state index contributed by atoms with van der Waals surface area (Å²) in [6, 6.07) is 0. The fourth-order valence-electron chi connectivity index (χ4n) is 1.30. The Kier molecular flexibility index (Phi) is 5.55. The molecule has 1 radical (unpaired) electrons. The molecule has 0 aliphatic heterocycles. The van der Waals surface area contributed by atoms with E-state index in [-0.39, 0.29) is 17.1 Å². The van der Waals surface area contributed by atoms with Crippen LogP contribution < -0.4 is 0 Å². The van der Waals surface area contributed by atoms with Gasteiger partial charge in [0, 0.05) is 0 Å². The molecule has 0 saturated carbocycles. The van der Waals surface area contributed by atoms with Crippen LogP contribution in [0.5, 0.6) is 0 Å². The first-order valence-electron chi connectivity index (χ1n) is 3.58. The molecule has 0 aliphatic carbocycles. The zero-order valence-corrected chi connectivity index (χ0v) is 11.1. The third-order valence-corrected chi connectivity index (χ3v) is 7.79. The topological polar surface area (TPSA) is 0 Å². The molecule has 3 heteroatoms. The fourth-order valence-corrected chi connectivity index (χ4v) is 11.7. The van der Waals surface area contributed by atoms with Crippen LogP contribution in [0.2, 0.25) is 39.3 Å². The summed E-state index contributed by atoms with van der Waals surface area (Å²) in [5.74, 6) is 0. The quantitative estimate of drug-likeness (QED) is 0.490. The van der Waals surface area contributed by atoms with Crippen molar-refractivity contribution in [1.29, 1.82) is 0 Å². The normalized spacial score (nSPS) is 12.6. The van der Waals surface area contributed by atoms with E-state index in [1.54, 1.807) is 0 Å². The summed E-state index contributed by atoms with van der Waals surface area (Å²) < 4.78 is 0. The van der Waals surface area contributed by atoms with E-state index in [4.69, 9.17) is 0 Å². The summed E-state index contributed by atoms with van der Waals surface area (Å²) >= 11 is 0. The molecule has 0 aromatic carbocycles. The predicted molar refractivity (Wildman–Crippen MR) is 51.0 cm³/mol. The average Bonchev–Trinajstić information content (AvgIpc) is 1.14. The third-order valence-electron chi connectivity index (χ3n) is 0.866. The molecule has 61 valence electrons. The first-order chi connectivity index (χ1) is 3.71. The second kappa shape index (κ2) is 4.10. The van der Waals surface area contributed by atoms with Crippen molar-refractivity contribution in [2.75, 3.05) is 0 Å². The molecule has 0 bridgehead atoms. The van der Waals surface area contributed by atoms with Crippen molar-refractivity contribution in [3.8, 4) is 0 Å². The fraction of sp³-hybridized carbons (Fsp3) is 0.857. The van der Waals surface area contributed by atoms with E-state index >= 15 is 0 Å². The molecule has 0 aliphatic rings. The van der Waals surface area contributed by atoms with Crippen molar-refractivity contribution < 1.29 is 17.1 Å². The first-order valence-corrected chi connectivity index (χ1v) is 10.7. The van der Waals surface area contributed by atoms with Gasteiger partial charge in [-0.05, 0) is 0 Å². The number of hydrogen-bond acceptors (Lipinski definition) is 0. The van der Waals surface area contributed by atoms with Gasteiger partial charge in [-0.1, -0.05) is 39.3 Å². The SMILES string of the molecule is C[Si](C)(C)[CH-][Si](C)(C)C.[Mn+2]. The Labute approximate surface area is 78.3 Å². The van der Waals surface area contributed by atoms with Gasteiger partial charge in [0.25, 0.3) is 0 Å². The molecule has 0 spiro atoms. The zero-order chi connectivity index (χ0) is 7.71. The second-order valence-corrected chi connectivity index (χ2v) is 15.5. The summed E-state index contributed by atoms with van der Waals surface area (Å²) in [7, 11) is -1.71. The van der Waals surface area contributed by atoms with Crippen LogP contribution >= 0.6 is 0 Å². The molecule has 0 unspecified atom stereocenters. The standard InChI is InChI=1S/C7H19Si2.Mn/c1-8(2,3)7-9(4,5)6;/h7H,1-6H3;/q-1;+2. The predicted octanol–water partition coefficient (Wildman–Crippen LogP) is 2.94. The van der Waals surface area contributed by atoms with Gasteiger partial charge in [-0.2, -0.15) is 0 Å². The smallest absolute Gasteiger partial charge is 0.327 e. The first kappa shape index (κ1) is 13.5. The summed E-state index contributed by atoms with van der Waals surface area (Å²) in [6.45, 7) is 14.4. The van der Waals surface area contributed by atoms with Crippen LogP contribution in [0.15, 0.2) is 0 Å². The van der Waals surface area contributed by atoms with E-state index in [0.717, 1.165) is 0 Å². The summed E-state index contributed by atoms with van der Waals surface area (Å²) in [5, 5.41) is 0. The summed E-state index contributed by atoms with van der Waals surface area (Å²) in [4.78, 5) is 0. The largest absolute Gasteiger partial charge is 2.00 e. The zero-order valence-electron chi connectivity index (χ0n) is 7.96. The van der Waals surface area contributed by atoms with Crippen molar-refractivity contribution in [3.05, 3.63) is 5.67 Å². The maximum absolute atomic E-state index is 2.65. The van der Waals surface area contributed by atoms with Gasteiger partial charge in [-0.3, -0.25) is 0 Å². The molecule has 0 aromatic rings. The molecule has 0 amide bonds. The van der Waals surface area contributed by atoms with Crippen LogP contribution in [0.1, 0.15) is 0 Å². The van der Waals surface area contributed by atoms with Crippen molar-refractivity contribution in [2.45, 2.75) is 39.3 Å². The van der Waals surface area contributed by atoms with Crippen LogP contribution in [0.25, 0.3) is 0 Å². The van der Waals surface area contributed by atoms with Gasteiger partial charge in [0.2, 0.25) is 0 Å². The third kappa shape index (κ3) is 11.7. The van der Waals surface area contributed by atoms with Gasteiger partial charge in [0.05, 0.1) is 0 Å². The van der Waals surface area contributed by atoms with Crippen LogP contribution in [0, 0.1) is 5.67 Å². The van der Waals surface area contributed by atoms with E-state index in [1.807, 2.05) is 0 Å². The molecular formula is C7H19MnSi2+. The van der Waals surface area contributed by atoms with E-state index in [2.05, 4.69) is 44.9 Å².